The average molecular weight is 341 g/mol. The summed E-state index contributed by atoms with van der Waals surface area (Å²) in [5.41, 5.74) is 0. The fourth-order valence-corrected chi connectivity index (χ4v) is 1.16. The van der Waals surface area contributed by atoms with Crippen LogP contribution in [0.3, 0.4) is 0 Å². The molecule has 1 rings (SSSR count). The fraction of sp³-hybridized carbons (Fsp3) is 0.462. The van der Waals surface area contributed by atoms with E-state index in [-0.39, 0.29) is 19.5 Å². The Morgan fingerprint density at radius 3 is 1.44 bits per heavy atom. The Kier molecular flexibility index (Phi) is 13.2. The third kappa shape index (κ3) is 13.0. The van der Waals surface area contributed by atoms with Gasteiger partial charge in [0.1, 0.15) is 5.78 Å². The number of carboxylic acids is 1. The van der Waals surface area contributed by atoms with Crippen molar-refractivity contribution in [3.63, 3.8) is 0 Å². The number of carboxylic acid groups (broad SMARTS) is 1. The van der Waals surface area contributed by atoms with Gasteiger partial charge in [-0.3, -0.25) is 9.59 Å². The summed E-state index contributed by atoms with van der Waals surface area (Å²) in [5.74, 6) is -3.03. The molecule has 0 saturated carbocycles. The maximum Gasteiger partial charge on any atom is 0.372 e. The molecule has 0 aromatic rings. The number of aliphatic carboxylic acids is 1. The molecule has 0 fully saturated rings. The molecule has 5 heteroatoms. The number of rotatable bonds is 3. The summed E-state index contributed by atoms with van der Waals surface area (Å²) in [6.07, 6.45) is 13.5. The second kappa shape index (κ2) is 12.4. The Morgan fingerprint density at radius 1 is 0.944 bits per heavy atom. The monoisotopic (exact) mass is 341 g/mol. The summed E-state index contributed by atoms with van der Waals surface area (Å²) in [6.45, 7) is 1.17. The van der Waals surface area contributed by atoms with Crippen molar-refractivity contribution in [3.8, 4) is 0 Å². The molecule has 0 aromatic carbocycles. The van der Waals surface area contributed by atoms with E-state index in [1.54, 1.807) is 0 Å². The van der Waals surface area contributed by atoms with E-state index in [4.69, 9.17) is 5.11 Å². The van der Waals surface area contributed by atoms with Crippen LogP contribution in [0.2, 0.25) is 0 Å². The van der Waals surface area contributed by atoms with Crippen molar-refractivity contribution in [2.75, 3.05) is 0 Å². The molecule has 0 atom stereocenters. The van der Waals surface area contributed by atoms with Gasteiger partial charge in [-0.05, 0) is 32.6 Å². The molecule has 0 aliphatic heterocycles. The van der Waals surface area contributed by atoms with Crippen molar-refractivity contribution >= 4 is 17.5 Å². The number of allylic oxidation sites excluding steroid dienone is 4. The molecule has 1 N–H and O–H groups in total. The molecule has 0 bridgehead atoms. The van der Waals surface area contributed by atoms with E-state index in [2.05, 4.69) is 24.3 Å². The van der Waals surface area contributed by atoms with Crippen LogP contribution in [0, 0.1) is 0 Å². The SMILES string of the molecule is C1=C\CC/C=C\CC/1.CC(=O)CC(=O)C(=O)O.[Rh]. The van der Waals surface area contributed by atoms with Crippen LogP contribution in [0.25, 0.3) is 0 Å². The number of Topliss-reactive ketones (excluding diaryl/α,β-unsaturated/α-hetero) is 2. The fourth-order valence-electron chi connectivity index (χ4n) is 1.16. The molecule has 1 aliphatic carbocycles. The summed E-state index contributed by atoms with van der Waals surface area (Å²) >= 11 is 0. The Labute approximate surface area is 120 Å². The van der Waals surface area contributed by atoms with Gasteiger partial charge in [-0.1, -0.05) is 24.3 Å². The molecular weight excluding hydrogens is 323 g/mol. The van der Waals surface area contributed by atoms with Crippen molar-refractivity contribution in [2.45, 2.75) is 39.0 Å². The van der Waals surface area contributed by atoms with Crippen LogP contribution in [-0.2, 0) is 33.9 Å². The van der Waals surface area contributed by atoms with Crippen molar-refractivity contribution in [3.05, 3.63) is 24.3 Å². The normalized spacial score (nSPS) is 16.7. The van der Waals surface area contributed by atoms with Gasteiger partial charge in [0, 0.05) is 19.5 Å². The zero-order valence-electron chi connectivity index (χ0n) is 10.4. The molecule has 18 heavy (non-hydrogen) atoms. The number of carbonyl (C=O) groups is 3. The molecule has 0 aromatic heterocycles. The summed E-state index contributed by atoms with van der Waals surface area (Å²) in [4.78, 5) is 29.9. The molecule has 0 amide bonds. The largest absolute Gasteiger partial charge is 0.475 e. The Hall–Kier alpha value is -1.09. The number of ketones is 2. The number of carbonyl (C=O) groups excluding carboxylic acids is 2. The van der Waals surface area contributed by atoms with Crippen LogP contribution < -0.4 is 0 Å². The van der Waals surface area contributed by atoms with Crippen molar-refractivity contribution in [2.24, 2.45) is 0 Å². The minimum atomic E-state index is -1.55. The van der Waals surface area contributed by atoms with E-state index in [1.807, 2.05) is 0 Å². The van der Waals surface area contributed by atoms with E-state index in [1.165, 1.54) is 32.6 Å². The molecule has 0 unspecified atom stereocenters. The van der Waals surface area contributed by atoms with Gasteiger partial charge < -0.3 is 5.11 Å². The van der Waals surface area contributed by atoms with Crippen molar-refractivity contribution in [1.82, 2.24) is 0 Å². The van der Waals surface area contributed by atoms with Crippen LogP contribution >= 0.6 is 0 Å². The maximum absolute atomic E-state index is 10.1. The van der Waals surface area contributed by atoms with Gasteiger partial charge in [-0.15, -0.1) is 0 Å². The average Bonchev–Trinajstić information content (AvgIpc) is 2.15. The predicted octanol–water partition coefficient (Wildman–Crippen LogP) is 2.29. The summed E-state index contributed by atoms with van der Waals surface area (Å²) in [5, 5.41) is 7.93. The second-order valence-electron chi connectivity index (χ2n) is 3.70. The molecule has 1 aliphatic rings. The van der Waals surface area contributed by atoms with Gasteiger partial charge in [0.2, 0.25) is 5.78 Å². The first-order chi connectivity index (χ1) is 8.04. The predicted molar refractivity (Wildman–Crippen MR) is 64.7 cm³/mol. The van der Waals surface area contributed by atoms with E-state index in [9.17, 15) is 14.4 Å². The molecule has 0 heterocycles. The van der Waals surface area contributed by atoms with Gasteiger partial charge in [-0.25, -0.2) is 4.79 Å². The van der Waals surface area contributed by atoms with Crippen molar-refractivity contribution < 1.29 is 39.0 Å². The van der Waals surface area contributed by atoms with Gasteiger partial charge >= 0.3 is 5.97 Å². The standard InChI is InChI=1S/C8H12.C5H6O4.Rh/c1-2-4-6-8-7-5-3-1;1-3(6)2-4(7)5(8)9;/h1-2,7-8H,3-6H2;2H2,1H3,(H,8,9);/b2-1-,8-7-;;. The van der Waals surface area contributed by atoms with Gasteiger partial charge in [0.05, 0.1) is 6.42 Å². The van der Waals surface area contributed by atoms with E-state index < -0.39 is 24.0 Å². The molecule has 1 radical (unpaired) electrons. The molecule has 103 valence electrons. The third-order valence-electron chi connectivity index (χ3n) is 1.98. The first-order valence-electron chi connectivity index (χ1n) is 5.59. The number of hydrogen-bond acceptors (Lipinski definition) is 3. The van der Waals surface area contributed by atoms with Crippen LogP contribution in [0.1, 0.15) is 39.0 Å². The van der Waals surface area contributed by atoms with Crippen LogP contribution in [-0.4, -0.2) is 22.6 Å². The minimum absolute atomic E-state index is 0. The molecule has 0 spiro atoms. The van der Waals surface area contributed by atoms with Crippen LogP contribution in [0.4, 0.5) is 0 Å². The van der Waals surface area contributed by atoms with E-state index >= 15 is 0 Å². The third-order valence-corrected chi connectivity index (χ3v) is 1.98. The summed E-state index contributed by atoms with van der Waals surface area (Å²) < 4.78 is 0. The summed E-state index contributed by atoms with van der Waals surface area (Å²) in [7, 11) is 0. The van der Waals surface area contributed by atoms with Crippen LogP contribution in [0.5, 0.6) is 0 Å². The first-order valence-corrected chi connectivity index (χ1v) is 5.59. The number of hydrogen-bond donors (Lipinski definition) is 1. The smallest absolute Gasteiger partial charge is 0.372 e. The second-order valence-corrected chi connectivity index (χ2v) is 3.70. The van der Waals surface area contributed by atoms with Gasteiger partial charge in [0.15, 0.2) is 0 Å². The summed E-state index contributed by atoms with van der Waals surface area (Å²) in [6, 6.07) is 0. The Morgan fingerprint density at radius 2 is 1.28 bits per heavy atom. The quantitative estimate of drug-likeness (QED) is 0.370. The topological polar surface area (TPSA) is 71.4 Å². The Bertz CT molecular complexity index is 306. The van der Waals surface area contributed by atoms with Gasteiger partial charge in [-0.2, -0.15) is 0 Å². The van der Waals surface area contributed by atoms with Crippen LogP contribution in [0.15, 0.2) is 24.3 Å². The Balaban J connectivity index is 0. The van der Waals surface area contributed by atoms with E-state index in [0.717, 1.165) is 0 Å². The molecule has 0 saturated heterocycles. The molecule has 4 nitrogen and oxygen atoms in total. The minimum Gasteiger partial charge on any atom is -0.475 e. The zero-order valence-corrected chi connectivity index (χ0v) is 12.0. The molecular formula is C13H18O4Rh. The first kappa shape index (κ1) is 19.3. The van der Waals surface area contributed by atoms with Gasteiger partial charge in [0.25, 0.3) is 0 Å². The maximum atomic E-state index is 10.1. The van der Waals surface area contributed by atoms with Crippen molar-refractivity contribution in [1.29, 1.82) is 0 Å². The zero-order chi connectivity index (χ0) is 13.1. The van der Waals surface area contributed by atoms with E-state index in [0.29, 0.717) is 0 Å².